The molecule has 3 aliphatic heterocycles. The maximum Gasteiger partial charge on any atom is 0.250 e. The molecule has 5 heteroatoms. The van der Waals surface area contributed by atoms with E-state index in [1.807, 2.05) is 24.3 Å². The molecule has 104 valence electrons. The van der Waals surface area contributed by atoms with Crippen molar-refractivity contribution in [3.05, 3.63) is 29.8 Å². The van der Waals surface area contributed by atoms with Gasteiger partial charge in [0.2, 0.25) is 11.8 Å². The SMILES string of the molecule is NC(=O)[C@@H]1C[C@@H]2CCCN2[C@]12C(=O)Nc1ccccc12. The first-order valence-electron chi connectivity index (χ1n) is 7.12. The molecule has 3 N–H and O–H groups in total. The van der Waals surface area contributed by atoms with Crippen LogP contribution in [0.5, 0.6) is 0 Å². The van der Waals surface area contributed by atoms with Crippen LogP contribution in [-0.2, 0) is 15.1 Å². The minimum absolute atomic E-state index is 0.0908. The van der Waals surface area contributed by atoms with Crippen molar-refractivity contribution in [2.75, 3.05) is 11.9 Å². The van der Waals surface area contributed by atoms with E-state index in [2.05, 4.69) is 10.2 Å². The van der Waals surface area contributed by atoms with Crippen LogP contribution in [0.15, 0.2) is 24.3 Å². The van der Waals surface area contributed by atoms with E-state index in [0.717, 1.165) is 30.6 Å². The van der Waals surface area contributed by atoms with Gasteiger partial charge in [0.1, 0.15) is 5.54 Å². The number of nitrogens with two attached hydrogens (primary N) is 1. The third-order valence-corrected chi connectivity index (χ3v) is 5.12. The van der Waals surface area contributed by atoms with E-state index in [1.165, 1.54) is 0 Å². The minimum Gasteiger partial charge on any atom is -0.369 e. The number of rotatable bonds is 1. The largest absolute Gasteiger partial charge is 0.369 e. The number of benzene rings is 1. The summed E-state index contributed by atoms with van der Waals surface area (Å²) in [5, 5.41) is 2.94. The van der Waals surface area contributed by atoms with Crippen molar-refractivity contribution < 1.29 is 9.59 Å². The van der Waals surface area contributed by atoms with Crippen LogP contribution in [0.3, 0.4) is 0 Å². The number of fused-ring (bicyclic) bond motifs is 4. The molecule has 2 fully saturated rings. The molecule has 3 atom stereocenters. The summed E-state index contributed by atoms with van der Waals surface area (Å²) in [6.45, 7) is 0.857. The molecule has 0 saturated carbocycles. The zero-order valence-electron chi connectivity index (χ0n) is 11.1. The Morgan fingerprint density at radius 1 is 1.40 bits per heavy atom. The number of nitrogens with one attached hydrogen (secondary N) is 1. The molecule has 2 saturated heterocycles. The highest BCUT2D eigenvalue weighted by Crippen LogP contribution is 2.54. The van der Waals surface area contributed by atoms with Crippen molar-refractivity contribution in [3.8, 4) is 0 Å². The van der Waals surface area contributed by atoms with Gasteiger partial charge in [-0.2, -0.15) is 0 Å². The quantitative estimate of drug-likeness (QED) is 0.793. The second-order valence-corrected chi connectivity index (χ2v) is 5.95. The van der Waals surface area contributed by atoms with E-state index < -0.39 is 11.5 Å². The highest BCUT2D eigenvalue weighted by atomic mass is 16.2. The number of hydrogen-bond donors (Lipinski definition) is 2. The third kappa shape index (κ3) is 1.21. The fourth-order valence-electron chi connectivity index (χ4n) is 4.41. The van der Waals surface area contributed by atoms with Crippen molar-refractivity contribution in [3.63, 3.8) is 0 Å². The fourth-order valence-corrected chi connectivity index (χ4v) is 4.41. The number of carbonyl (C=O) groups is 2. The fraction of sp³-hybridized carbons (Fsp3) is 0.467. The van der Waals surface area contributed by atoms with Gasteiger partial charge >= 0.3 is 0 Å². The molecule has 3 aliphatic rings. The molecule has 1 aromatic carbocycles. The lowest BCUT2D eigenvalue weighted by molar-refractivity contribution is -0.135. The van der Waals surface area contributed by atoms with Gasteiger partial charge in [-0.3, -0.25) is 14.5 Å². The van der Waals surface area contributed by atoms with Crippen LogP contribution in [0.25, 0.3) is 0 Å². The predicted octanol–water partition coefficient (Wildman–Crippen LogP) is 0.804. The van der Waals surface area contributed by atoms with Crippen LogP contribution in [-0.4, -0.2) is 29.3 Å². The highest BCUT2D eigenvalue weighted by Gasteiger charge is 2.64. The molecule has 1 aromatic rings. The molecule has 20 heavy (non-hydrogen) atoms. The van der Waals surface area contributed by atoms with E-state index in [9.17, 15) is 9.59 Å². The van der Waals surface area contributed by atoms with Gasteiger partial charge < -0.3 is 11.1 Å². The monoisotopic (exact) mass is 271 g/mol. The average molecular weight is 271 g/mol. The zero-order valence-corrected chi connectivity index (χ0v) is 11.1. The van der Waals surface area contributed by atoms with Gasteiger partial charge in [-0.05, 0) is 31.9 Å². The van der Waals surface area contributed by atoms with E-state index in [0.29, 0.717) is 12.5 Å². The molecule has 0 aliphatic carbocycles. The molecule has 0 radical (unpaired) electrons. The smallest absolute Gasteiger partial charge is 0.250 e. The Kier molecular flexibility index (Phi) is 2.27. The van der Waals surface area contributed by atoms with Crippen molar-refractivity contribution in [1.29, 1.82) is 0 Å². The lowest BCUT2D eigenvalue weighted by atomic mass is 9.78. The van der Waals surface area contributed by atoms with Gasteiger partial charge in [0.05, 0.1) is 5.92 Å². The van der Waals surface area contributed by atoms with E-state index in [-0.39, 0.29) is 11.8 Å². The average Bonchev–Trinajstić information content (AvgIpc) is 3.05. The third-order valence-electron chi connectivity index (χ3n) is 5.12. The van der Waals surface area contributed by atoms with Gasteiger partial charge in [-0.1, -0.05) is 18.2 Å². The first-order chi connectivity index (χ1) is 9.65. The molecular weight excluding hydrogens is 254 g/mol. The Morgan fingerprint density at radius 3 is 3.00 bits per heavy atom. The normalized spacial score (nSPS) is 35.1. The molecule has 0 unspecified atom stereocenters. The van der Waals surface area contributed by atoms with Crippen LogP contribution in [0.2, 0.25) is 0 Å². The lowest BCUT2D eigenvalue weighted by Gasteiger charge is -2.35. The lowest BCUT2D eigenvalue weighted by Crippen LogP contribution is -2.53. The molecule has 0 aromatic heterocycles. The second-order valence-electron chi connectivity index (χ2n) is 5.95. The maximum absolute atomic E-state index is 12.8. The van der Waals surface area contributed by atoms with Gasteiger partial charge in [0.25, 0.3) is 0 Å². The summed E-state index contributed by atoms with van der Waals surface area (Å²) < 4.78 is 0. The van der Waals surface area contributed by atoms with Crippen LogP contribution >= 0.6 is 0 Å². The van der Waals surface area contributed by atoms with E-state index in [4.69, 9.17) is 5.73 Å². The number of anilines is 1. The van der Waals surface area contributed by atoms with E-state index in [1.54, 1.807) is 0 Å². The van der Waals surface area contributed by atoms with Gasteiger partial charge in [-0.25, -0.2) is 0 Å². The summed E-state index contributed by atoms with van der Waals surface area (Å²) in [4.78, 5) is 26.9. The van der Waals surface area contributed by atoms with Crippen molar-refractivity contribution in [2.24, 2.45) is 11.7 Å². The summed E-state index contributed by atoms with van der Waals surface area (Å²) in [6, 6.07) is 7.95. The van der Waals surface area contributed by atoms with Gasteiger partial charge in [-0.15, -0.1) is 0 Å². The van der Waals surface area contributed by atoms with Crippen LogP contribution in [0.1, 0.15) is 24.8 Å². The van der Waals surface area contributed by atoms with Crippen molar-refractivity contribution >= 4 is 17.5 Å². The molecule has 5 nitrogen and oxygen atoms in total. The summed E-state index contributed by atoms with van der Waals surface area (Å²) >= 11 is 0. The Bertz CT molecular complexity index is 615. The maximum atomic E-state index is 12.8. The van der Waals surface area contributed by atoms with E-state index >= 15 is 0 Å². The number of amides is 2. The molecule has 1 spiro atoms. The molecule has 3 heterocycles. The zero-order chi connectivity index (χ0) is 13.9. The summed E-state index contributed by atoms with van der Waals surface area (Å²) in [5.41, 5.74) is 6.49. The number of nitrogens with zero attached hydrogens (tertiary/aromatic N) is 1. The Labute approximate surface area is 117 Å². The summed E-state index contributed by atoms with van der Waals surface area (Å²) in [5.74, 6) is -0.894. The van der Waals surface area contributed by atoms with Crippen LogP contribution < -0.4 is 11.1 Å². The molecule has 2 amide bonds. The Hall–Kier alpha value is -1.88. The number of para-hydroxylation sites is 1. The number of primary amides is 1. The van der Waals surface area contributed by atoms with Crippen LogP contribution in [0.4, 0.5) is 5.69 Å². The second kappa shape index (κ2) is 3.82. The summed E-state index contributed by atoms with van der Waals surface area (Å²) in [7, 11) is 0. The molecule has 0 bridgehead atoms. The van der Waals surface area contributed by atoms with Crippen molar-refractivity contribution in [1.82, 2.24) is 4.90 Å². The standard InChI is InChI=1S/C15H17N3O2/c16-13(19)11-8-9-4-3-7-18(9)15(11)10-5-1-2-6-12(10)17-14(15)20/h1-2,5-6,9,11H,3-4,7-8H2,(H2,16,19)(H,17,20)/t9-,11-,15-/m0/s1. The van der Waals surface area contributed by atoms with Gasteiger partial charge in [0, 0.05) is 17.3 Å². The predicted molar refractivity (Wildman–Crippen MR) is 73.8 cm³/mol. The van der Waals surface area contributed by atoms with Gasteiger partial charge in [0.15, 0.2) is 0 Å². The van der Waals surface area contributed by atoms with Crippen molar-refractivity contribution in [2.45, 2.75) is 30.8 Å². The Morgan fingerprint density at radius 2 is 2.20 bits per heavy atom. The first-order valence-corrected chi connectivity index (χ1v) is 7.12. The highest BCUT2D eigenvalue weighted by molar-refractivity contribution is 6.09. The topological polar surface area (TPSA) is 75.4 Å². The number of carbonyl (C=O) groups excluding carboxylic acids is 2. The molecular formula is C15H17N3O2. The Balaban J connectivity index is 1.96. The molecule has 4 rings (SSSR count). The van der Waals surface area contributed by atoms with Crippen LogP contribution in [0, 0.1) is 5.92 Å². The number of hydrogen-bond acceptors (Lipinski definition) is 3. The first kappa shape index (κ1) is 11.9. The summed E-state index contributed by atoms with van der Waals surface area (Å²) in [6.07, 6.45) is 2.81. The minimum atomic E-state index is -0.871.